The molecule has 0 aliphatic carbocycles. The summed E-state index contributed by atoms with van der Waals surface area (Å²) in [7, 11) is -0.618. The highest BCUT2D eigenvalue weighted by atomic mass is 127. The molecule has 0 saturated heterocycles. The minimum atomic E-state index is -0.618. The van der Waals surface area contributed by atoms with Gasteiger partial charge in [-0.25, -0.2) is 9.13 Å². The molecule has 0 N–H and O–H groups in total. The topological polar surface area (TPSA) is 18.0 Å². The van der Waals surface area contributed by atoms with Crippen molar-refractivity contribution in [3.05, 3.63) is 43.0 Å². The van der Waals surface area contributed by atoms with Gasteiger partial charge < -0.3 is 28.5 Å². The van der Waals surface area contributed by atoms with Crippen LogP contribution in [-0.2, 0) is 6.54 Å². The van der Waals surface area contributed by atoms with E-state index >= 15 is 0 Å². The lowest BCUT2D eigenvalue weighted by Crippen LogP contribution is -3.00. The number of aromatic nitrogens is 2. The van der Waals surface area contributed by atoms with E-state index in [-0.39, 0.29) is 34.3 Å². The first-order chi connectivity index (χ1) is 11.6. The van der Waals surface area contributed by atoms with E-state index in [1.165, 1.54) is 12.8 Å². The number of benzene rings is 1. The standard InChI is InChI=1S/C21H34N2OP.HI/c1-8-9-13-22-14-15-23(17-22)18-11-10-12-19(16-18)24-25(20(2,3)4)21(5,6)7;/h10-12,14-17H,8-9,13H2,1-7H3;1H/q+1;/p-1. The zero-order chi connectivity index (χ0) is 18.7. The van der Waals surface area contributed by atoms with Crippen LogP contribution >= 0.6 is 8.15 Å². The summed E-state index contributed by atoms with van der Waals surface area (Å²) in [5, 5.41) is 0.278. The molecule has 1 aromatic heterocycles. The lowest BCUT2D eigenvalue weighted by molar-refractivity contribution is -0.696. The van der Waals surface area contributed by atoms with E-state index in [1.54, 1.807) is 0 Å². The number of halogens is 1. The van der Waals surface area contributed by atoms with Crippen molar-refractivity contribution in [2.45, 2.75) is 78.2 Å². The molecule has 146 valence electrons. The molecule has 5 heteroatoms. The number of imidazole rings is 1. The van der Waals surface area contributed by atoms with E-state index in [0.29, 0.717) is 0 Å². The highest BCUT2D eigenvalue weighted by Crippen LogP contribution is 2.59. The van der Waals surface area contributed by atoms with Crippen molar-refractivity contribution in [2.24, 2.45) is 0 Å². The Morgan fingerprint density at radius 2 is 1.73 bits per heavy atom. The minimum Gasteiger partial charge on any atom is -1.00 e. The quantitative estimate of drug-likeness (QED) is 0.348. The van der Waals surface area contributed by atoms with E-state index < -0.39 is 8.15 Å². The Kier molecular flexibility index (Phi) is 8.60. The van der Waals surface area contributed by atoms with E-state index in [2.05, 4.69) is 101 Å². The number of nitrogens with zero attached hydrogens (tertiary/aromatic N) is 2. The predicted molar refractivity (Wildman–Crippen MR) is 108 cm³/mol. The molecular formula is C21H34IN2OP. The van der Waals surface area contributed by atoms with Gasteiger partial charge >= 0.3 is 0 Å². The lowest BCUT2D eigenvalue weighted by atomic mass is 10.2. The summed E-state index contributed by atoms with van der Waals surface area (Å²) in [6, 6.07) is 8.44. The maximum Gasteiger partial charge on any atom is 0.248 e. The van der Waals surface area contributed by atoms with Crippen molar-refractivity contribution in [1.82, 2.24) is 4.57 Å². The van der Waals surface area contributed by atoms with Crippen LogP contribution in [0.25, 0.3) is 5.69 Å². The summed E-state index contributed by atoms with van der Waals surface area (Å²) in [4.78, 5) is 0. The monoisotopic (exact) mass is 488 g/mol. The van der Waals surface area contributed by atoms with Gasteiger partial charge in [-0.15, -0.1) is 0 Å². The molecule has 0 bridgehead atoms. The normalized spacial score (nSPS) is 12.2. The number of aryl methyl sites for hydroxylation is 1. The van der Waals surface area contributed by atoms with Crippen molar-refractivity contribution < 1.29 is 33.1 Å². The molecule has 0 amide bonds. The molecule has 0 atom stereocenters. The number of hydrogen-bond acceptors (Lipinski definition) is 1. The molecule has 1 heterocycles. The van der Waals surface area contributed by atoms with E-state index in [4.69, 9.17) is 4.52 Å². The van der Waals surface area contributed by atoms with Crippen LogP contribution in [-0.4, -0.2) is 14.9 Å². The maximum absolute atomic E-state index is 6.52. The summed E-state index contributed by atoms with van der Waals surface area (Å²) in [6.45, 7) is 16.9. The van der Waals surface area contributed by atoms with Gasteiger partial charge in [-0.3, -0.25) is 0 Å². The summed E-state index contributed by atoms with van der Waals surface area (Å²) < 4.78 is 10.9. The fourth-order valence-electron chi connectivity index (χ4n) is 3.11. The van der Waals surface area contributed by atoms with Crippen LogP contribution in [0, 0.1) is 0 Å². The highest BCUT2D eigenvalue weighted by molar-refractivity contribution is 7.56. The predicted octanol–water partition coefficient (Wildman–Crippen LogP) is 2.94. The number of hydrogen-bond donors (Lipinski definition) is 0. The van der Waals surface area contributed by atoms with Crippen molar-refractivity contribution in [2.75, 3.05) is 0 Å². The van der Waals surface area contributed by atoms with E-state index in [0.717, 1.165) is 18.0 Å². The minimum absolute atomic E-state index is 0. The molecular weight excluding hydrogens is 454 g/mol. The van der Waals surface area contributed by atoms with Gasteiger partial charge in [0.1, 0.15) is 23.8 Å². The van der Waals surface area contributed by atoms with Crippen LogP contribution in [0.1, 0.15) is 61.3 Å². The average molecular weight is 488 g/mol. The largest absolute Gasteiger partial charge is 1.00 e. The Balaban J connectivity index is 0.00000338. The molecule has 0 radical (unpaired) electrons. The fraction of sp³-hybridized carbons (Fsp3) is 0.571. The Hall–Kier alpha value is -0.610. The second kappa shape index (κ2) is 9.54. The first-order valence-electron chi connectivity index (χ1n) is 9.27. The molecule has 0 aliphatic heterocycles. The number of unbranched alkanes of at least 4 members (excludes halogenated alkanes) is 1. The van der Waals surface area contributed by atoms with E-state index in [1.807, 2.05) is 0 Å². The smallest absolute Gasteiger partial charge is 0.248 e. The van der Waals surface area contributed by atoms with Crippen molar-refractivity contribution >= 4 is 8.15 Å². The summed E-state index contributed by atoms with van der Waals surface area (Å²) >= 11 is 0. The number of rotatable bonds is 6. The third kappa shape index (κ3) is 6.53. The molecule has 2 aromatic rings. The fourth-order valence-corrected chi connectivity index (χ4v) is 5.99. The van der Waals surface area contributed by atoms with Gasteiger partial charge in [-0.1, -0.05) is 61.0 Å². The Labute approximate surface area is 178 Å². The second-order valence-corrected chi connectivity index (χ2v) is 12.1. The molecule has 0 aliphatic rings. The van der Waals surface area contributed by atoms with Crippen molar-refractivity contribution in [3.8, 4) is 11.4 Å². The SMILES string of the molecule is CCCC[n+]1ccn(-c2cccc(OP(C(C)(C)C)C(C)(C)C)c2)c1.[I-]. The van der Waals surface area contributed by atoms with Crippen molar-refractivity contribution in [3.63, 3.8) is 0 Å². The summed E-state index contributed by atoms with van der Waals surface area (Å²) in [5.74, 6) is 0.960. The lowest BCUT2D eigenvalue weighted by Gasteiger charge is -2.39. The molecule has 0 fully saturated rings. The van der Waals surface area contributed by atoms with Gasteiger partial charge in [0.05, 0.1) is 14.7 Å². The highest BCUT2D eigenvalue weighted by Gasteiger charge is 2.37. The summed E-state index contributed by atoms with van der Waals surface area (Å²) in [6.07, 6.45) is 8.83. The van der Waals surface area contributed by atoms with Gasteiger partial charge in [0.2, 0.25) is 6.33 Å². The van der Waals surface area contributed by atoms with Crippen LogP contribution in [0.3, 0.4) is 0 Å². The molecule has 0 unspecified atom stereocenters. The molecule has 26 heavy (non-hydrogen) atoms. The van der Waals surface area contributed by atoms with Crippen molar-refractivity contribution in [1.29, 1.82) is 0 Å². The molecule has 0 saturated carbocycles. The molecule has 3 nitrogen and oxygen atoms in total. The first kappa shape index (κ1) is 23.4. The van der Waals surface area contributed by atoms with Crippen LogP contribution in [0.15, 0.2) is 43.0 Å². The van der Waals surface area contributed by atoms with Gasteiger partial charge in [0.15, 0.2) is 0 Å². The average Bonchev–Trinajstić information content (AvgIpc) is 2.97. The van der Waals surface area contributed by atoms with E-state index in [9.17, 15) is 0 Å². The molecule has 2 rings (SSSR count). The molecule has 1 aromatic carbocycles. The van der Waals surface area contributed by atoms with Gasteiger partial charge in [-0.05, 0) is 18.6 Å². The Morgan fingerprint density at radius 1 is 1.08 bits per heavy atom. The second-order valence-electron chi connectivity index (χ2n) is 8.64. The third-order valence-electron chi connectivity index (χ3n) is 3.99. The first-order valence-corrected chi connectivity index (χ1v) is 10.5. The maximum atomic E-state index is 6.52. The zero-order valence-electron chi connectivity index (χ0n) is 17.3. The summed E-state index contributed by atoms with van der Waals surface area (Å²) in [5.41, 5.74) is 1.14. The van der Waals surface area contributed by atoms with Gasteiger partial charge in [0, 0.05) is 16.4 Å². The zero-order valence-corrected chi connectivity index (χ0v) is 20.3. The van der Waals surface area contributed by atoms with Crippen LogP contribution in [0.5, 0.6) is 5.75 Å². The van der Waals surface area contributed by atoms with Crippen LogP contribution < -0.4 is 33.1 Å². The Bertz CT molecular complexity index is 672. The molecule has 0 spiro atoms. The van der Waals surface area contributed by atoms with Gasteiger partial charge in [-0.2, -0.15) is 0 Å². The van der Waals surface area contributed by atoms with Crippen LogP contribution in [0.2, 0.25) is 0 Å². The Morgan fingerprint density at radius 3 is 2.31 bits per heavy atom. The van der Waals surface area contributed by atoms with Gasteiger partial charge in [0.25, 0.3) is 0 Å². The third-order valence-corrected chi connectivity index (χ3v) is 6.82. The van der Waals surface area contributed by atoms with Crippen LogP contribution in [0.4, 0.5) is 0 Å².